The molecule has 1 aromatic carbocycles. The molecule has 6 atom stereocenters. The number of nitrogens with zero attached hydrogens (tertiary/aromatic N) is 6. The molecule has 1 aliphatic rings. The molecule has 0 spiro atoms. The Morgan fingerprint density at radius 3 is 2.55 bits per heavy atom. The van der Waals surface area contributed by atoms with E-state index in [4.69, 9.17) is 25.8 Å². The Morgan fingerprint density at radius 2 is 1.93 bits per heavy atom. The summed E-state index contributed by atoms with van der Waals surface area (Å²) in [6.07, 6.45) is -5.90. The normalized spacial score (nSPS) is 24.4. The van der Waals surface area contributed by atoms with E-state index in [0.29, 0.717) is 16.4 Å². The average Bonchev–Trinajstić information content (AvgIpc) is 3.67. The monoisotopic (exact) mass is 598 g/mol. The lowest BCUT2D eigenvalue weighted by atomic mass is 9.88. The Morgan fingerprint density at radius 1 is 1.18 bits per heavy atom. The summed E-state index contributed by atoms with van der Waals surface area (Å²) in [4.78, 5) is 4.27. The number of ether oxygens (including phenoxy) is 3. The van der Waals surface area contributed by atoms with Crippen molar-refractivity contribution < 1.29 is 32.5 Å². The third-order valence-corrected chi connectivity index (χ3v) is 7.76. The SMILES string of the molecule is COC1C(n2cc(-c3nccs3)nn2)[C@@H](OC)C(C(C)O)O[C@H]1c1cc(C)nn1-c1cc(Cl)ccc1C(F)(F)F. The quantitative estimate of drug-likeness (QED) is 0.327. The van der Waals surface area contributed by atoms with Gasteiger partial charge < -0.3 is 19.3 Å². The molecule has 40 heavy (non-hydrogen) atoms. The highest BCUT2D eigenvalue weighted by molar-refractivity contribution is 7.13. The molecule has 1 fully saturated rings. The zero-order valence-electron chi connectivity index (χ0n) is 21.8. The first-order valence-electron chi connectivity index (χ1n) is 12.2. The highest BCUT2D eigenvalue weighted by atomic mass is 35.5. The average molecular weight is 599 g/mol. The van der Waals surface area contributed by atoms with Gasteiger partial charge >= 0.3 is 6.18 Å². The fraction of sp³-hybridized carbons (Fsp3) is 0.440. The molecule has 1 saturated heterocycles. The maximum atomic E-state index is 14.0. The molecule has 4 unspecified atom stereocenters. The molecule has 4 heterocycles. The summed E-state index contributed by atoms with van der Waals surface area (Å²) < 4.78 is 62.9. The minimum Gasteiger partial charge on any atom is -0.391 e. The Hall–Kier alpha value is -2.88. The van der Waals surface area contributed by atoms with Crippen molar-refractivity contribution in [3.05, 3.63) is 64.0 Å². The summed E-state index contributed by atoms with van der Waals surface area (Å²) in [5.74, 6) is 0. The van der Waals surface area contributed by atoms with Crippen LogP contribution in [0.5, 0.6) is 0 Å². The lowest BCUT2D eigenvalue weighted by molar-refractivity contribution is -0.235. The van der Waals surface area contributed by atoms with Gasteiger partial charge in [0.15, 0.2) is 0 Å². The van der Waals surface area contributed by atoms with Crippen LogP contribution in [0, 0.1) is 6.92 Å². The Bertz CT molecular complexity index is 1460. The number of hydrogen-bond donors (Lipinski definition) is 1. The van der Waals surface area contributed by atoms with Crippen LogP contribution < -0.4 is 0 Å². The number of methoxy groups -OCH3 is 2. The van der Waals surface area contributed by atoms with Gasteiger partial charge in [-0.2, -0.15) is 18.3 Å². The molecule has 214 valence electrons. The molecule has 3 aromatic heterocycles. The van der Waals surface area contributed by atoms with Crippen molar-refractivity contribution in [2.24, 2.45) is 0 Å². The van der Waals surface area contributed by atoms with Crippen LogP contribution in [0.25, 0.3) is 16.4 Å². The van der Waals surface area contributed by atoms with Crippen LogP contribution >= 0.6 is 22.9 Å². The molecule has 5 rings (SSSR count). The molecule has 15 heteroatoms. The second-order valence-corrected chi connectivity index (χ2v) is 10.7. The first kappa shape index (κ1) is 28.6. The number of aliphatic hydroxyl groups is 1. The van der Waals surface area contributed by atoms with Gasteiger partial charge in [0.1, 0.15) is 41.2 Å². The molecule has 0 radical (unpaired) electrons. The maximum absolute atomic E-state index is 14.0. The first-order valence-corrected chi connectivity index (χ1v) is 13.4. The van der Waals surface area contributed by atoms with E-state index in [1.807, 2.05) is 5.38 Å². The van der Waals surface area contributed by atoms with E-state index in [1.54, 1.807) is 37.0 Å². The molecular formula is C25H26ClF3N6O4S. The summed E-state index contributed by atoms with van der Waals surface area (Å²) >= 11 is 7.52. The zero-order valence-corrected chi connectivity index (χ0v) is 23.4. The van der Waals surface area contributed by atoms with Gasteiger partial charge in [-0.05, 0) is 38.1 Å². The van der Waals surface area contributed by atoms with E-state index in [0.717, 1.165) is 10.7 Å². The minimum absolute atomic E-state index is 0.103. The van der Waals surface area contributed by atoms with Gasteiger partial charge in [0, 0.05) is 30.8 Å². The number of hydrogen-bond acceptors (Lipinski definition) is 9. The van der Waals surface area contributed by atoms with E-state index in [-0.39, 0.29) is 16.4 Å². The van der Waals surface area contributed by atoms with Crippen molar-refractivity contribution in [3.63, 3.8) is 0 Å². The number of alkyl halides is 3. The highest BCUT2D eigenvalue weighted by Gasteiger charge is 2.51. The predicted octanol–water partition coefficient (Wildman–Crippen LogP) is 4.66. The van der Waals surface area contributed by atoms with Crippen molar-refractivity contribution in [1.82, 2.24) is 29.8 Å². The van der Waals surface area contributed by atoms with Crippen molar-refractivity contribution >= 4 is 22.9 Å². The van der Waals surface area contributed by atoms with Crippen LogP contribution in [0.2, 0.25) is 5.02 Å². The van der Waals surface area contributed by atoms with Gasteiger partial charge in [0.25, 0.3) is 0 Å². The third-order valence-electron chi connectivity index (χ3n) is 6.73. The van der Waals surface area contributed by atoms with Crippen molar-refractivity contribution in [1.29, 1.82) is 0 Å². The smallest absolute Gasteiger partial charge is 0.391 e. The zero-order chi connectivity index (χ0) is 28.8. The fourth-order valence-corrected chi connectivity index (χ4v) is 5.81. The molecule has 10 nitrogen and oxygen atoms in total. The van der Waals surface area contributed by atoms with Gasteiger partial charge in [-0.15, -0.1) is 16.4 Å². The second-order valence-electron chi connectivity index (χ2n) is 9.36. The van der Waals surface area contributed by atoms with Crippen LogP contribution in [-0.2, 0) is 20.4 Å². The molecular weight excluding hydrogens is 573 g/mol. The van der Waals surface area contributed by atoms with E-state index in [2.05, 4.69) is 20.4 Å². The summed E-state index contributed by atoms with van der Waals surface area (Å²) in [7, 11) is 2.92. The topological polar surface area (TPSA) is 109 Å². The lowest BCUT2D eigenvalue weighted by Gasteiger charge is -2.46. The maximum Gasteiger partial charge on any atom is 0.418 e. The van der Waals surface area contributed by atoms with Crippen LogP contribution in [0.4, 0.5) is 13.2 Å². The Kier molecular flexibility index (Phi) is 8.01. The van der Waals surface area contributed by atoms with Crippen LogP contribution in [0.15, 0.2) is 42.0 Å². The molecule has 0 bridgehead atoms. The predicted molar refractivity (Wildman–Crippen MR) is 139 cm³/mol. The molecule has 1 aliphatic heterocycles. The number of aryl methyl sites for hydroxylation is 1. The summed E-state index contributed by atoms with van der Waals surface area (Å²) in [5, 5.41) is 26.2. The standard InChI is InChI=1S/C25H26ClF3N6O4S/c1-12-9-18(35(32-12)17-10-14(26)5-6-15(17)25(27,28)29)21-23(38-4)19(22(37-3)20(39-21)13(2)36)34-11-16(31-33-34)24-30-7-8-40-24/h5-11,13,19-23,36H,1-4H3/t13?,19?,20?,21-,22+,23?/m0/s1. The Balaban J connectivity index is 1.66. The summed E-state index contributed by atoms with van der Waals surface area (Å²) in [5.41, 5.74) is 0.0297. The van der Waals surface area contributed by atoms with E-state index in [9.17, 15) is 18.3 Å². The number of rotatable bonds is 7. The molecule has 1 N–H and O–H groups in total. The van der Waals surface area contributed by atoms with Gasteiger partial charge in [-0.3, -0.25) is 0 Å². The van der Waals surface area contributed by atoms with E-state index in [1.165, 1.54) is 37.7 Å². The number of thiazole rings is 1. The third kappa shape index (κ3) is 5.27. The van der Waals surface area contributed by atoms with E-state index < -0.39 is 48.3 Å². The molecule has 0 amide bonds. The first-order chi connectivity index (χ1) is 19.0. The second kappa shape index (κ2) is 11.2. The van der Waals surface area contributed by atoms with Crippen molar-refractivity contribution in [3.8, 4) is 16.4 Å². The number of benzene rings is 1. The van der Waals surface area contributed by atoms with Gasteiger partial charge in [0.2, 0.25) is 0 Å². The van der Waals surface area contributed by atoms with Gasteiger partial charge in [-0.25, -0.2) is 14.3 Å². The number of halogens is 4. The number of aliphatic hydroxyl groups excluding tert-OH is 1. The van der Waals surface area contributed by atoms with Gasteiger partial charge in [0.05, 0.1) is 34.9 Å². The van der Waals surface area contributed by atoms with Crippen molar-refractivity contribution in [2.45, 2.75) is 56.6 Å². The van der Waals surface area contributed by atoms with Crippen molar-refractivity contribution in [2.75, 3.05) is 14.2 Å². The highest BCUT2D eigenvalue weighted by Crippen LogP contribution is 2.44. The molecule has 4 aromatic rings. The molecule has 0 saturated carbocycles. The van der Waals surface area contributed by atoms with Crippen LogP contribution in [0.3, 0.4) is 0 Å². The van der Waals surface area contributed by atoms with Crippen LogP contribution in [-0.4, -0.2) is 73.5 Å². The van der Waals surface area contributed by atoms with E-state index >= 15 is 0 Å². The fourth-order valence-electron chi connectivity index (χ4n) is 5.05. The lowest BCUT2D eigenvalue weighted by Crippen LogP contribution is -2.56. The minimum atomic E-state index is -4.68. The Labute approximate surface area is 236 Å². The summed E-state index contributed by atoms with van der Waals surface area (Å²) in [6, 6.07) is 4.19. The van der Waals surface area contributed by atoms with Crippen LogP contribution in [0.1, 0.15) is 36.0 Å². The molecule has 0 aliphatic carbocycles. The number of aromatic nitrogens is 6. The largest absolute Gasteiger partial charge is 0.418 e. The van der Waals surface area contributed by atoms with Gasteiger partial charge in [-0.1, -0.05) is 16.8 Å². The summed E-state index contributed by atoms with van der Waals surface area (Å²) in [6.45, 7) is 3.20.